The Hall–Kier alpha value is -1.35. The second-order valence-electron chi connectivity index (χ2n) is 2.34. The van der Waals surface area contributed by atoms with Crippen molar-refractivity contribution in [2.24, 2.45) is 5.11 Å². The Bertz CT molecular complexity index is 219. The summed E-state index contributed by atoms with van der Waals surface area (Å²) in [5.41, 5.74) is 7.87. The first kappa shape index (κ1) is 10.7. The molecule has 0 rings (SSSR count). The van der Waals surface area contributed by atoms with Crippen molar-refractivity contribution in [1.29, 1.82) is 0 Å². The first-order valence-electron chi connectivity index (χ1n) is 3.79. The third-order valence-electron chi connectivity index (χ3n) is 1.35. The van der Waals surface area contributed by atoms with Gasteiger partial charge in [0.25, 0.3) is 0 Å². The number of carbonyl (C=O) groups is 2. The number of ketones is 2. The maximum atomic E-state index is 10.9. The minimum atomic E-state index is -0.596. The Morgan fingerprint density at radius 2 is 2.08 bits per heavy atom. The highest BCUT2D eigenvalue weighted by atomic mass is 16.2. The van der Waals surface area contributed by atoms with Crippen molar-refractivity contribution < 1.29 is 9.59 Å². The molecule has 0 unspecified atom stereocenters. The van der Waals surface area contributed by atoms with E-state index in [0.717, 1.165) is 6.42 Å². The summed E-state index contributed by atoms with van der Waals surface area (Å²) in [7, 11) is 0. The van der Waals surface area contributed by atoms with E-state index in [9.17, 15) is 9.59 Å². The molecule has 0 amide bonds. The maximum absolute atomic E-state index is 10.9. The minimum absolute atomic E-state index is 0.260. The number of carbonyl (C=O) groups excluding carboxylic acids is 2. The fourth-order valence-corrected chi connectivity index (χ4v) is 0.661. The molecule has 0 aromatic heterocycles. The van der Waals surface area contributed by atoms with Crippen LogP contribution in [-0.2, 0) is 9.59 Å². The summed E-state index contributed by atoms with van der Waals surface area (Å²) in [6.45, 7) is 1.59. The van der Waals surface area contributed by atoms with E-state index in [-0.39, 0.29) is 13.0 Å². The summed E-state index contributed by atoms with van der Waals surface area (Å²) in [5, 5.41) is 3.01. The van der Waals surface area contributed by atoms with Crippen LogP contribution in [0.5, 0.6) is 0 Å². The third kappa shape index (κ3) is 4.46. The zero-order valence-electron chi connectivity index (χ0n) is 6.99. The molecule has 0 heterocycles. The second-order valence-corrected chi connectivity index (χ2v) is 2.34. The zero-order chi connectivity index (χ0) is 9.40. The zero-order valence-corrected chi connectivity index (χ0v) is 6.99. The van der Waals surface area contributed by atoms with E-state index in [4.69, 9.17) is 5.53 Å². The van der Waals surface area contributed by atoms with E-state index >= 15 is 0 Å². The molecule has 0 aliphatic heterocycles. The lowest BCUT2D eigenvalue weighted by Gasteiger charge is -1.93. The molecule has 0 saturated heterocycles. The van der Waals surface area contributed by atoms with Crippen molar-refractivity contribution in [3.05, 3.63) is 10.4 Å². The molecule has 0 aromatic carbocycles. The summed E-state index contributed by atoms with van der Waals surface area (Å²) < 4.78 is 0. The van der Waals surface area contributed by atoms with Crippen LogP contribution in [0.15, 0.2) is 5.11 Å². The van der Waals surface area contributed by atoms with E-state index in [2.05, 4.69) is 10.0 Å². The SMILES string of the molecule is CCCCC(=O)C(=O)CN=[N+]=[N-]. The number of Topliss-reactive ketones (excluding diaryl/α,β-unsaturated/α-hetero) is 2. The summed E-state index contributed by atoms with van der Waals surface area (Å²) in [4.78, 5) is 24.1. The molecule has 0 aromatic rings. The van der Waals surface area contributed by atoms with Gasteiger partial charge in [0.1, 0.15) is 0 Å². The molecule has 5 nitrogen and oxygen atoms in total. The van der Waals surface area contributed by atoms with Gasteiger partial charge in [0.2, 0.25) is 5.78 Å². The fraction of sp³-hybridized carbons (Fsp3) is 0.714. The highest BCUT2D eigenvalue weighted by Crippen LogP contribution is 1.96. The number of hydrogen-bond acceptors (Lipinski definition) is 3. The van der Waals surface area contributed by atoms with Gasteiger partial charge in [-0.3, -0.25) is 9.59 Å². The first-order chi connectivity index (χ1) is 5.72. The molecule has 0 saturated carbocycles. The van der Waals surface area contributed by atoms with Crippen LogP contribution in [0.25, 0.3) is 10.4 Å². The molecule has 0 bridgehead atoms. The van der Waals surface area contributed by atoms with Gasteiger partial charge in [0, 0.05) is 11.3 Å². The maximum Gasteiger partial charge on any atom is 0.204 e. The number of hydrogen-bond donors (Lipinski definition) is 0. The monoisotopic (exact) mass is 169 g/mol. The fourth-order valence-electron chi connectivity index (χ4n) is 0.661. The lowest BCUT2D eigenvalue weighted by molar-refractivity contribution is -0.135. The average molecular weight is 169 g/mol. The molecule has 5 heteroatoms. The molecule has 0 N–H and O–H groups in total. The van der Waals surface area contributed by atoms with Crippen LogP contribution in [0.2, 0.25) is 0 Å². The lowest BCUT2D eigenvalue weighted by atomic mass is 10.1. The van der Waals surface area contributed by atoms with Crippen LogP contribution in [0, 0.1) is 0 Å². The molecule has 66 valence electrons. The topological polar surface area (TPSA) is 82.9 Å². The summed E-state index contributed by atoms with van der Waals surface area (Å²) in [5.74, 6) is -1.04. The average Bonchev–Trinajstić information content (AvgIpc) is 2.10. The van der Waals surface area contributed by atoms with Gasteiger partial charge < -0.3 is 0 Å². The summed E-state index contributed by atoms with van der Waals surface area (Å²) >= 11 is 0. The van der Waals surface area contributed by atoms with Crippen molar-refractivity contribution in [1.82, 2.24) is 0 Å². The third-order valence-corrected chi connectivity index (χ3v) is 1.35. The smallest absolute Gasteiger partial charge is 0.204 e. The Balaban J connectivity index is 3.77. The van der Waals surface area contributed by atoms with Gasteiger partial charge in [-0.25, -0.2) is 0 Å². The van der Waals surface area contributed by atoms with Gasteiger partial charge in [0.15, 0.2) is 5.78 Å². The number of rotatable bonds is 6. The first-order valence-corrected chi connectivity index (χ1v) is 3.79. The number of azide groups is 1. The molecule has 0 aliphatic rings. The van der Waals surface area contributed by atoms with Gasteiger partial charge in [-0.05, 0) is 12.0 Å². The predicted octanol–water partition coefficient (Wildman–Crippen LogP) is 1.63. The molecule has 0 spiro atoms. The number of nitrogens with zero attached hydrogens (tertiary/aromatic N) is 3. The Morgan fingerprint density at radius 1 is 1.42 bits per heavy atom. The van der Waals surface area contributed by atoms with Gasteiger partial charge in [0.05, 0.1) is 6.54 Å². The van der Waals surface area contributed by atoms with Crippen LogP contribution < -0.4 is 0 Å². The van der Waals surface area contributed by atoms with Crippen molar-refractivity contribution in [3.8, 4) is 0 Å². The standard InChI is InChI=1S/C7H11N3O2/c1-2-3-4-6(11)7(12)5-9-10-8/h2-5H2,1H3. The Morgan fingerprint density at radius 3 is 2.58 bits per heavy atom. The molecular weight excluding hydrogens is 158 g/mol. The minimum Gasteiger partial charge on any atom is -0.291 e. The molecule has 12 heavy (non-hydrogen) atoms. The van der Waals surface area contributed by atoms with Gasteiger partial charge in [-0.2, -0.15) is 0 Å². The molecule has 0 aliphatic carbocycles. The van der Waals surface area contributed by atoms with Gasteiger partial charge in [-0.1, -0.05) is 18.5 Å². The van der Waals surface area contributed by atoms with Crippen LogP contribution in [0.4, 0.5) is 0 Å². The summed E-state index contributed by atoms with van der Waals surface area (Å²) in [6, 6.07) is 0. The van der Waals surface area contributed by atoms with E-state index in [1.165, 1.54) is 0 Å². The molecule has 0 fully saturated rings. The van der Waals surface area contributed by atoms with E-state index in [1.807, 2.05) is 6.92 Å². The van der Waals surface area contributed by atoms with E-state index in [1.54, 1.807) is 0 Å². The van der Waals surface area contributed by atoms with Gasteiger partial charge >= 0.3 is 0 Å². The van der Waals surface area contributed by atoms with E-state index < -0.39 is 11.6 Å². The molecule has 0 radical (unpaired) electrons. The highest BCUT2D eigenvalue weighted by Gasteiger charge is 2.10. The Labute approximate surface area is 70.4 Å². The lowest BCUT2D eigenvalue weighted by Crippen LogP contribution is -2.15. The van der Waals surface area contributed by atoms with Crippen molar-refractivity contribution in [2.75, 3.05) is 6.54 Å². The van der Waals surface area contributed by atoms with E-state index in [0.29, 0.717) is 6.42 Å². The van der Waals surface area contributed by atoms with Crippen molar-refractivity contribution in [3.63, 3.8) is 0 Å². The largest absolute Gasteiger partial charge is 0.291 e. The van der Waals surface area contributed by atoms with Crippen molar-refractivity contribution >= 4 is 11.6 Å². The van der Waals surface area contributed by atoms with Crippen LogP contribution in [0.1, 0.15) is 26.2 Å². The van der Waals surface area contributed by atoms with Crippen LogP contribution >= 0.6 is 0 Å². The molecular formula is C7H11N3O2. The van der Waals surface area contributed by atoms with Crippen molar-refractivity contribution in [2.45, 2.75) is 26.2 Å². The molecule has 0 atom stereocenters. The predicted molar refractivity (Wildman–Crippen MR) is 43.6 cm³/mol. The van der Waals surface area contributed by atoms with Crippen LogP contribution in [0.3, 0.4) is 0 Å². The quantitative estimate of drug-likeness (QED) is 0.262. The highest BCUT2D eigenvalue weighted by molar-refractivity contribution is 6.38. The summed E-state index contributed by atoms with van der Waals surface area (Å²) in [6.07, 6.45) is 1.84. The second kappa shape index (κ2) is 6.37. The van der Waals surface area contributed by atoms with Crippen LogP contribution in [-0.4, -0.2) is 18.1 Å². The normalized spacial score (nSPS) is 8.75. The number of unbranched alkanes of at least 4 members (excludes halogenated alkanes) is 1. The van der Waals surface area contributed by atoms with Gasteiger partial charge in [-0.15, -0.1) is 0 Å². The Kier molecular flexibility index (Phi) is 5.65.